The van der Waals surface area contributed by atoms with Crippen LogP contribution in [-0.2, 0) is 6.42 Å². The molecule has 1 aliphatic heterocycles. The minimum Gasteiger partial charge on any atom is -0.492 e. The Labute approximate surface area is 197 Å². The Hall–Kier alpha value is -2.67. The van der Waals surface area contributed by atoms with Crippen molar-refractivity contribution in [3.05, 3.63) is 76.0 Å². The van der Waals surface area contributed by atoms with Crippen molar-refractivity contribution in [1.82, 2.24) is 14.9 Å². The van der Waals surface area contributed by atoms with Crippen LogP contribution in [0.25, 0.3) is 0 Å². The fourth-order valence-electron chi connectivity index (χ4n) is 3.64. The van der Waals surface area contributed by atoms with Crippen LogP contribution in [0, 0.1) is 0 Å². The van der Waals surface area contributed by atoms with Gasteiger partial charge in [0, 0.05) is 37.1 Å². The first-order valence-corrected chi connectivity index (χ1v) is 11.3. The maximum absolute atomic E-state index is 12.6. The summed E-state index contributed by atoms with van der Waals surface area (Å²) in [6.45, 7) is 3.93. The van der Waals surface area contributed by atoms with E-state index in [-0.39, 0.29) is 12.2 Å². The number of rotatable bonds is 9. The lowest BCUT2D eigenvalue weighted by atomic mass is 10.1. The van der Waals surface area contributed by atoms with E-state index in [0.29, 0.717) is 33.7 Å². The van der Waals surface area contributed by atoms with Gasteiger partial charge in [-0.15, -0.1) is 0 Å². The van der Waals surface area contributed by atoms with Gasteiger partial charge < -0.3 is 10.1 Å². The molecule has 1 aromatic heterocycles. The molecule has 0 spiro atoms. The molecule has 8 heteroatoms. The lowest BCUT2D eigenvalue weighted by Gasteiger charge is -2.15. The van der Waals surface area contributed by atoms with Crippen LogP contribution in [0.3, 0.4) is 0 Å². The summed E-state index contributed by atoms with van der Waals surface area (Å²) in [4.78, 5) is 23.6. The van der Waals surface area contributed by atoms with E-state index in [4.69, 9.17) is 27.9 Å². The number of halogens is 2. The number of likely N-dealkylation sites (tertiary alicyclic amines) is 1. The van der Waals surface area contributed by atoms with Gasteiger partial charge in [-0.3, -0.25) is 9.69 Å². The number of Topliss-reactive ketones (excluding diaryl/α,β-unsaturated/α-hetero) is 1. The summed E-state index contributed by atoms with van der Waals surface area (Å²) in [7, 11) is 0. The van der Waals surface area contributed by atoms with Gasteiger partial charge in [0.05, 0.1) is 15.6 Å². The molecule has 0 bridgehead atoms. The van der Waals surface area contributed by atoms with Gasteiger partial charge in [0.2, 0.25) is 5.95 Å². The molecule has 2 aromatic carbocycles. The highest BCUT2D eigenvalue weighted by atomic mass is 35.5. The monoisotopic (exact) mass is 470 g/mol. The standard InChI is InChI=1S/C24H24Cl2N4O2/c25-20-7-4-8-21(26)23(20)22(31)13-17-15-27-24(28-16-17)29-18-5-3-6-19(14-18)32-12-11-30-9-1-2-10-30/h3-8,14-16H,1-2,9-13H2,(H,27,28,29). The summed E-state index contributed by atoms with van der Waals surface area (Å²) in [5.74, 6) is 1.06. The number of ether oxygens (including phenoxy) is 1. The van der Waals surface area contributed by atoms with Crippen molar-refractivity contribution in [3.63, 3.8) is 0 Å². The molecular weight excluding hydrogens is 447 g/mol. The first-order valence-electron chi connectivity index (χ1n) is 10.6. The van der Waals surface area contributed by atoms with E-state index >= 15 is 0 Å². The first-order chi connectivity index (χ1) is 15.6. The SMILES string of the molecule is O=C(Cc1cnc(Nc2cccc(OCCN3CCCC3)c2)nc1)c1c(Cl)cccc1Cl. The minimum atomic E-state index is -0.177. The van der Waals surface area contributed by atoms with Crippen molar-refractivity contribution in [2.75, 3.05) is 31.6 Å². The van der Waals surface area contributed by atoms with Gasteiger partial charge in [-0.05, 0) is 55.8 Å². The lowest BCUT2D eigenvalue weighted by Crippen LogP contribution is -2.25. The van der Waals surface area contributed by atoms with Crippen molar-refractivity contribution in [2.45, 2.75) is 19.3 Å². The smallest absolute Gasteiger partial charge is 0.227 e. The van der Waals surface area contributed by atoms with E-state index in [1.54, 1.807) is 30.6 Å². The molecule has 0 amide bonds. The largest absolute Gasteiger partial charge is 0.492 e. The van der Waals surface area contributed by atoms with Gasteiger partial charge >= 0.3 is 0 Å². The van der Waals surface area contributed by atoms with Gasteiger partial charge in [0.15, 0.2) is 5.78 Å². The van der Waals surface area contributed by atoms with Crippen LogP contribution < -0.4 is 10.1 Å². The highest BCUT2D eigenvalue weighted by molar-refractivity contribution is 6.39. The Balaban J connectivity index is 1.33. The second-order valence-electron chi connectivity index (χ2n) is 7.66. The molecule has 0 aliphatic carbocycles. The van der Waals surface area contributed by atoms with E-state index < -0.39 is 0 Å². The van der Waals surface area contributed by atoms with Gasteiger partial charge in [0.1, 0.15) is 12.4 Å². The molecule has 0 radical (unpaired) electrons. The molecule has 1 N–H and O–H groups in total. The van der Waals surface area contributed by atoms with Crippen molar-refractivity contribution in [3.8, 4) is 5.75 Å². The highest BCUT2D eigenvalue weighted by Crippen LogP contribution is 2.26. The number of nitrogens with one attached hydrogen (secondary N) is 1. The molecule has 0 atom stereocenters. The summed E-state index contributed by atoms with van der Waals surface area (Å²) < 4.78 is 5.89. The molecule has 0 saturated carbocycles. The summed E-state index contributed by atoms with van der Waals surface area (Å²) in [6.07, 6.45) is 5.91. The Bertz CT molecular complexity index is 1050. The van der Waals surface area contributed by atoms with Crippen molar-refractivity contribution in [2.24, 2.45) is 0 Å². The van der Waals surface area contributed by atoms with Crippen LogP contribution in [0.15, 0.2) is 54.9 Å². The minimum absolute atomic E-state index is 0.115. The van der Waals surface area contributed by atoms with Crippen molar-refractivity contribution < 1.29 is 9.53 Å². The maximum Gasteiger partial charge on any atom is 0.227 e. The van der Waals surface area contributed by atoms with Crippen LogP contribution in [0.4, 0.5) is 11.6 Å². The number of carbonyl (C=O) groups is 1. The van der Waals surface area contributed by atoms with Crippen LogP contribution in [0.1, 0.15) is 28.8 Å². The van der Waals surface area contributed by atoms with E-state index in [9.17, 15) is 4.79 Å². The zero-order chi connectivity index (χ0) is 22.3. The fraction of sp³-hybridized carbons (Fsp3) is 0.292. The van der Waals surface area contributed by atoms with E-state index in [1.165, 1.54) is 12.8 Å². The van der Waals surface area contributed by atoms with Crippen LogP contribution in [0.5, 0.6) is 5.75 Å². The molecule has 1 saturated heterocycles. The van der Waals surface area contributed by atoms with E-state index in [1.807, 2.05) is 24.3 Å². The molecular formula is C24H24Cl2N4O2. The number of hydrogen-bond acceptors (Lipinski definition) is 6. The summed E-state index contributed by atoms with van der Waals surface area (Å²) >= 11 is 12.2. The number of nitrogens with zero attached hydrogens (tertiary/aromatic N) is 3. The Morgan fingerprint density at radius 3 is 2.44 bits per heavy atom. The zero-order valence-electron chi connectivity index (χ0n) is 17.6. The Kier molecular flexibility index (Phi) is 7.58. The first kappa shape index (κ1) is 22.5. The summed E-state index contributed by atoms with van der Waals surface area (Å²) in [5.41, 5.74) is 1.82. The van der Waals surface area contributed by atoms with E-state index in [0.717, 1.165) is 31.1 Å². The predicted octanol–water partition coefficient (Wildman–Crippen LogP) is 5.43. The number of hydrogen-bond donors (Lipinski definition) is 1. The molecule has 6 nitrogen and oxygen atoms in total. The van der Waals surface area contributed by atoms with Gasteiger partial charge in [-0.2, -0.15) is 0 Å². The Morgan fingerprint density at radius 2 is 1.72 bits per heavy atom. The number of ketones is 1. The second-order valence-corrected chi connectivity index (χ2v) is 8.48. The number of aromatic nitrogens is 2. The average Bonchev–Trinajstić information content (AvgIpc) is 3.29. The fourth-order valence-corrected chi connectivity index (χ4v) is 4.25. The Morgan fingerprint density at radius 1 is 1.03 bits per heavy atom. The van der Waals surface area contributed by atoms with Gasteiger partial charge in [-0.1, -0.05) is 35.3 Å². The van der Waals surface area contributed by atoms with Crippen LogP contribution >= 0.6 is 23.2 Å². The molecule has 166 valence electrons. The predicted molar refractivity (Wildman–Crippen MR) is 127 cm³/mol. The van der Waals surface area contributed by atoms with E-state index in [2.05, 4.69) is 20.2 Å². The average molecular weight is 471 g/mol. The molecule has 2 heterocycles. The number of carbonyl (C=O) groups excluding carboxylic acids is 1. The summed E-state index contributed by atoms with van der Waals surface area (Å²) in [6, 6.07) is 12.7. The normalized spacial score (nSPS) is 13.8. The molecule has 1 fully saturated rings. The molecule has 3 aromatic rings. The lowest BCUT2D eigenvalue weighted by molar-refractivity contribution is 0.0993. The van der Waals surface area contributed by atoms with Gasteiger partial charge in [0.25, 0.3) is 0 Å². The van der Waals surface area contributed by atoms with Crippen LogP contribution in [0.2, 0.25) is 10.0 Å². The highest BCUT2D eigenvalue weighted by Gasteiger charge is 2.15. The molecule has 0 unspecified atom stereocenters. The second kappa shape index (κ2) is 10.8. The van der Waals surface area contributed by atoms with Gasteiger partial charge in [-0.25, -0.2) is 9.97 Å². The quantitative estimate of drug-likeness (QED) is 0.420. The zero-order valence-corrected chi connectivity index (χ0v) is 19.1. The van der Waals surface area contributed by atoms with Crippen molar-refractivity contribution >= 4 is 40.6 Å². The maximum atomic E-state index is 12.6. The number of benzene rings is 2. The topological polar surface area (TPSA) is 67.3 Å². The molecule has 32 heavy (non-hydrogen) atoms. The third-order valence-corrected chi connectivity index (χ3v) is 5.91. The molecule has 4 rings (SSSR count). The summed E-state index contributed by atoms with van der Waals surface area (Å²) in [5, 5.41) is 3.84. The van der Waals surface area contributed by atoms with Crippen molar-refractivity contribution in [1.29, 1.82) is 0 Å². The molecule has 1 aliphatic rings. The third-order valence-electron chi connectivity index (χ3n) is 5.28. The number of anilines is 2. The van der Waals surface area contributed by atoms with Crippen LogP contribution in [-0.4, -0.2) is 46.9 Å². The third kappa shape index (κ3) is 5.97.